The van der Waals surface area contributed by atoms with Crippen molar-refractivity contribution in [3.05, 3.63) is 35.4 Å². The monoisotopic (exact) mass is 232 g/mol. The van der Waals surface area contributed by atoms with Crippen LogP contribution < -0.4 is 10.6 Å². The van der Waals surface area contributed by atoms with Crippen molar-refractivity contribution in [3.63, 3.8) is 0 Å². The van der Waals surface area contributed by atoms with E-state index in [-0.39, 0.29) is 5.91 Å². The first-order valence-corrected chi connectivity index (χ1v) is 6.24. The second-order valence-corrected chi connectivity index (χ2v) is 4.84. The van der Waals surface area contributed by atoms with E-state index in [0.717, 1.165) is 13.0 Å². The number of rotatable bonds is 4. The van der Waals surface area contributed by atoms with Crippen molar-refractivity contribution in [2.45, 2.75) is 38.8 Å². The smallest absolute Gasteiger partial charge is 0.220 e. The molecule has 0 aromatic heterocycles. The highest BCUT2D eigenvalue weighted by Gasteiger charge is 2.20. The standard InChI is InChI=1S/C14H20N2O/c1-10-3-5-12(6-4-10)11(2)15-9-13-7-8-14(17)16-13/h3-6,11,13,15H,7-9H2,1-2H3,(H,16,17)/t11-,13?/m0/s1. The predicted octanol–water partition coefficient (Wildman–Crippen LogP) is 1.92. The summed E-state index contributed by atoms with van der Waals surface area (Å²) in [4.78, 5) is 11.1. The molecular formula is C14H20N2O. The van der Waals surface area contributed by atoms with Crippen LogP contribution in [0.3, 0.4) is 0 Å². The zero-order valence-corrected chi connectivity index (χ0v) is 10.5. The molecule has 1 amide bonds. The van der Waals surface area contributed by atoms with Crippen molar-refractivity contribution in [2.24, 2.45) is 0 Å². The normalized spacial score (nSPS) is 21.3. The summed E-state index contributed by atoms with van der Waals surface area (Å²) in [5.74, 6) is 0.180. The molecule has 1 heterocycles. The summed E-state index contributed by atoms with van der Waals surface area (Å²) in [7, 11) is 0. The van der Waals surface area contributed by atoms with Crippen LogP contribution in [0.4, 0.5) is 0 Å². The van der Waals surface area contributed by atoms with Crippen LogP contribution in [-0.2, 0) is 4.79 Å². The largest absolute Gasteiger partial charge is 0.352 e. The molecule has 2 atom stereocenters. The number of hydrogen-bond donors (Lipinski definition) is 2. The molecule has 2 N–H and O–H groups in total. The fourth-order valence-electron chi connectivity index (χ4n) is 2.12. The number of hydrogen-bond acceptors (Lipinski definition) is 2. The maximum Gasteiger partial charge on any atom is 0.220 e. The number of nitrogens with one attached hydrogen (secondary N) is 2. The number of carbonyl (C=O) groups is 1. The first-order chi connectivity index (χ1) is 8.15. The summed E-state index contributed by atoms with van der Waals surface area (Å²) in [6, 6.07) is 9.19. The molecule has 92 valence electrons. The second kappa shape index (κ2) is 5.32. The van der Waals surface area contributed by atoms with Gasteiger partial charge in [-0.05, 0) is 25.8 Å². The number of aryl methyl sites for hydroxylation is 1. The highest BCUT2D eigenvalue weighted by Crippen LogP contribution is 2.14. The summed E-state index contributed by atoms with van der Waals surface area (Å²) in [6.07, 6.45) is 1.62. The van der Waals surface area contributed by atoms with E-state index in [1.807, 2.05) is 0 Å². The summed E-state index contributed by atoms with van der Waals surface area (Å²) >= 11 is 0. The van der Waals surface area contributed by atoms with Crippen LogP contribution in [-0.4, -0.2) is 18.5 Å². The fraction of sp³-hybridized carbons (Fsp3) is 0.500. The first-order valence-electron chi connectivity index (χ1n) is 6.24. The van der Waals surface area contributed by atoms with E-state index < -0.39 is 0 Å². The fourth-order valence-corrected chi connectivity index (χ4v) is 2.12. The number of amides is 1. The molecule has 1 aliphatic rings. The molecule has 0 spiro atoms. The minimum atomic E-state index is 0.180. The Balaban J connectivity index is 1.82. The van der Waals surface area contributed by atoms with Crippen molar-refractivity contribution >= 4 is 5.91 Å². The Kier molecular flexibility index (Phi) is 3.79. The lowest BCUT2D eigenvalue weighted by Gasteiger charge is -2.17. The van der Waals surface area contributed by atoms with Crippen molar-refractivity contribution in [2.75, 3.05) is 6.54 Å². The maximum atomic E-state index is 11.1. The van der Waals surface area contributed by atoms with E-state index in [2.05, 4.69) is 48.7 Å². The van der Waals surface area contributed by atoms with Gasteiger partial charge in [0, 0.05) is 25.0 Å². The van der Waals surface area contributed by atoms with Gasteiger partial charge in [-0.15, -0.1) is 0 Å². The van der Waals surface area contributed by atoms with Crippen LogP contribution in [0.25, 0.3) is 0 Å². The van der Waals surface area contributed by atoms with Gasteiger partial charge in [0.15, 0.2) is 0 Å². The summed E-state index contributed by atoms with van der Waals surface area (Å²) in [5.41, 5.74) is 2.57. The lowest BCUT2D eigenvalue weighted by atomic mass is 10.1. The minimum Gasteiger partial charge on any atom is -0.352 e. The number of benzene rings is 1. The summed E-state index contributed by atoms with van der Waals surface area (Å²) in [5, 5.41) is 6.43. The Morgan fingerprint density at radius 1 is 1.41 bits per heavy atom. The van der Waals surface area contributed by atoms with Gasteiger partial charge < -0.3 is 10.6 Å². The topological polar surface area (TPSA) is 41.1 Å². The molecule has 2 rings (SSSR count). The Morgan fingerprint density at radius 2 is 2.12 bits per heavy atom. The van der Waals surface area contributed by atoms with Crippen LogP contribution in [0, 0.1) is 6.92 Å². The van der Waals surface area contributed by atoms with E-state index in [9.17, 15) is 4.79 Å². The lowest BCUT2D eigenvalue weighted by Crippen LogP contribution is -2.36. The molecule has 1 saturated heterocycles. The molecule has 3 nitrogen and oxygen atoms in total. The quantitative estimate of drug-likeness (QED) is 0.832. The Bertz CT molecular complexity index is 386. The predicted molar refractivity (Wildman–Crippen MR) is 68.8 cm³/mol. The molecule has 1 aliphatic heterocycles. The molecule has 1 aromatic carbocycles. The van der Waals surface area contributed by atoms with Crippen LogP contribution in [0.1, 0.15) is 36.9 Å². The Hall–Kier alpha value is -1.35. The average Bonchev–Trinajstić information content (AvgIpc) is 2.73. The zero-order valence-electron chi connectivity index (χ0n) is 10.5. The van der Waals surface area contributed by atoms with E-state index in [1.165, 1.54) is 11.1 Å². The second-order valence-electron chi connectivity index (χ2n) is 4.84. The summed E-state index contributed by atoms with van der Waals surface area (Å²) < 4.78 is 0. The van der Waals surface area contributed by atoms with Crippen LogP contribution in [0.15, 0.2) is 24.3 Å². The van der Waals surface area contributed by atoms with Crippen molar-refractivity contribution in [1.29, 1.82) is 0 Å². The third-order valence-electron chi connectivity index (χ3n) is 3.33. The van der Waals surface area contributed by atoms with Crippen LogP contribution in [0.2, 0.25) is 0 Å². The molecular weight excluding hydrogens is 212 g/mol. The van der Waals surface area contributed by atoms with E-state index >= 15 is 0 Å². The van der Waals surface area contributed by atoms with Gasteiger partial charge in [-0.2, -0.15) is 0 Å². The van der Waals surface area contributed by atoms with E-state index in [0.29, 0.717) is 18.5 Å². The molecule has 17 heavy (non-hydrogen) atoms. The maximum absolute atomic E-state index is 11.1. The SMILES string of the molecule is Cc1ccc([C@H](C)NCC2CCC(=O)N2)cc1. The molecule has 0 radical (unpaired) electrons. The van der Waals surface area contributed by atoms with Crippen molar-refractivity contribution < 1.29 is 4.79 Å². The average molecular weight is 232 g/mol. The minimum absolute atomic E-state index is 0.180. The highest BCUT2D eigenvalue weighted by atomic mass is 16.1. The third kappa shape index (κ3) is 3.30. The van der Waals surface area contributed by atoms with Gasteiger partial charge in [0.1, 0.15) is 0 Å². The highest BCUT2D eigenvalue weighted by molar-refractivity contribution is 5.78. The van der Waals surface area contributed by atoms with E-state index in [1.54, 1.807) is 0 Å². The van der Waals surface area contributed by atoms with Crippen molar-refractivity contribution in [3.8, 4) is 0 Å². The van der Waals surface area contributed by atoms with Gasteiger partial charge in [-0.3, -0.25) is 4.79 Å². The van der Waals surface area contributed by atoms with Gasteiger partial charge in [0.2, 0.25) is 5.91 Å². The van der Waals surface area contributed by atoms with E-state index in [4.69, 9.17) is 0 Å². The van der Waals surface area contributed by atoms with Gasteiger partial charge >= 0.3 is 0 Å². The van der Waals surface area contributed by atoms with Gasteiger partial charge in [0.25, 0.3) is 0 Å². The van der Waals surface area contributed by atoms with Gasteiger partial charge in [-0.1, -0.05) is 29.8 Å². The third-order valence-corrected chi connectivity index (χ3v) is 3.33. The molecule has 1 aromatic rings. The van der Waals surface area contributed by atoms with Crippen LogP contribution >= 0.6 is 0 Å². The first kappa shape index (κ1) is 12.1. The molecule has 0 saturated carbocycles. The Labute approximate surface area is 103 Å². The molecule has 0 bridgehead atoms. The zero-order chi connectivity index (χ0) is 12.3. The van der Waals surface area contributed by atoms with Gasteiger partial charge in [-0.25, -0.2) is 0 Å². The van der Waals surface area contributed by atoms with Crippen LogP contribution in [0.5, 0.6) is 0 Å². The lowest BCUT2D eigenvalue weighted by molar-refractivity contribution is -0.119. The molecule has 1 unspecified atom stereocenters. The number of carbonyl (C=O) groups excluding carboxylic acids is 1. The molecule has 1 fully saturated rings. The Morgan fingerprint density at radius 3 is 2.71 bits per heavy atom. The summed E-state index contributed by atoms with van der Waals surface area (Å²) in [6.45, 7) is 5.10. The molecule has 0 aliphatic carbocycles. The van der Waals surface area contributed by atoms with Crippen molar-refractivity contribution in [1.82, 2.24) is 10.6 Å². The molecule has 3 heteroatoms. The van der Waals surface area contributed by atoms with Gasteiger partial charge in [0.05, 0.1) is 0 Å².